The van der Waals surface area contributed by atoms with Crippen LogP contribution in [-0.4, -0.2) is 28.1 Å². The molecular formula is C20H33NO2. The summed E-state index contributed by atoms with van der Waals surface area (Å²) in [4.78, 5) is 13.0. The maximum atomic E-state index is 10.4. The molecule has 0 aliphatic heterocycles. The Kier molecular flexibility index (Phi) is 8.93. The number of hydrogen-bond acceptors (Lipinski definition) is 2. The summed E-state index contributed by atoms with van der Waals surface area (Å²) in [5.41, 5.74) is 1.55. The highest BCUT2D eigenvalue weighted by molar-refractivity contribution is 5.66. The van der Waals surface area contributed by atoms with E-state index >= 15 is 0 Å². The monoisotopic (exact) mass is 319 g/mol. The smallest absolute Gasteiger partial charge is 0.303 e. The van der Waals surface area contributed by atoms with Crippen molar-refractivity contribution in [1.29, 1.82) is 0 Å². The molecule has 0 aromatic heterocycles. The van der Waals surface area contributed by atoms with Gasteiger partial charge in [-0.2, -0.15) is 0 Å². The molecule has 3 heteroatoms. The lowest BCUT2D eigenvalue weighted by atomic mass is 10.0. The molecule has 0 spiro atoms. The van der Waals surface area contributed by atoms with Gasteiger partial charge in [-0.1, -0.05) is 56.0 Å². The van der Waals surface area contributed by atoms with E-state index in [-0.39, 0.29) is 5.54 Å². The minimum Gasteiger partial charge on any atom is -0.481 e. The molecule has 0 heterocycles. The minimum absolute atomic E-state index is 0.178. The Hall–Kier alpha value is -1.35. The van der Waals surface area contributed by atoms with Gasteiger partial charge in [0.1, 0.15) is 0 Å². The fourth-order valence-electron chi connectivity index (χ4n) is 2.74. The van der Waals surface area contributed by atoms with Crippen molar-refractivity contribution in [2.45, 2.75) is 77.8 Å². The second-order valence-electron chi connectivity index (χ2n) is 7.34. The van der Waals surface area contributed by atoms with E-state index in [1.165, 1.54) is 24.8 Å². The quantitative estimate of drug-likeness (QED) is 0.577. The largest absolute Gasteiger partial charge is 0.481 e. The van der Waals surface area contributed by atoms with Crippen molar-refractivity contribution in [1.82, 2.24) is 4.90 Å². The topological polar surface area (TPSA) is 40.5 Å². The van der Waals surface area contributed by atoms with Gasteiger partial charge in [-0.15, -0.1) is 0 Å². The second kappa shape index (κ2) is 10.4. The van der Waals surface area contributed by atoms with E-state index < -0.39 is 5.97 Å². The molecule has 0 unspecified atom stereocenters. The summed E-state index contributed by atoms with van der Waals surface area (Å²) in [6.45, 7) is 8.96. The molecule has 23 heavy (non-hydrogen) atoms. The second-order valence-corrected chi connectivity index (χ2v) is 7.34. The first kappa shape index (κ1) is 19.7. The van der Waals surface area contributed by atoms with Gasteiger partial charge in [-0.25, -0.2) is 0 Å². The normalized spacial score (nSPS) is 11.8. The number of carboxylic acids is 1. The van der Waals surface area contributed by atoms with Gasteiger partial charge in [0.2, 0.25) is 0 Å². The third-order valence-corrected chi connectivity index (χ3v) is 4.23. The summed E-state index contributed by atoms with van der Waals surface area (Å²) in [6.07, 6.45) is 6.98. The van der Waals surface area contributed by atoms with Crippen molar-refractivity contribution in [3.8, 4) is 0 Å². The molecule has 0 aliphatic rings. The molecule has 0 atom stereocenters. The summed E-state index contributed by atoms with van der Waals surface area (Å²) >= 11 is 0. The number of unbranched alkanes of at least 4 members (excludes halogenated alkanes) is 5. The van der Waals surface area contributed by atoms with Crippen LogP contribution in [-0.2, 0) is 11.3 Å². The van der Waals surface area contributed by atoms with E-state index in [1.807, 2.05) is 0 Å². The summed E-state index contributed by atoms with van der Waals surface area (Å²) in [5, 5.41) is 8.61. The summed E-state index contributed by atoms with van der Waals surface area (Å²) in [7, 11) is 0. The Bertz CT molecular complexity index is 437. The molecule has 0 fully saturated rings. The first-order valence-electron chi connectivity index (χ1n) is 8.90. The molecule has 1 aromatic carbocycles. The zero-order valence-electron chi connectivity index (χ0n) is 15.1. The molecule has 0 bridgehead atoms. The zero-order valence-corrected chi connectivity index (χ0v) is 15.1. The van der Waals surface area contributed by atoms with Gasteiger partial charge >= 0.3 is 5.97 Å². The lowest BCUT2D eigenvalue weighted by molar-refractivity contribution is -0.137. The van der Waals surface area contributed by atoms with Crippen molar-refractivity contribution < 1.29 is 9.90 Å². The Balaban J connectivity index is 2.23. The average molecular weight is 319 g/mol. The summed E-state index contributed by atoms with van der Waals surface area (Å²) in [5.74, 6) is -0.674. The number of hydrogen-bond donors (Lipinski definition) is 1. The van der Waals surface area contributed by atoms with Gasteiger partial charge < -0.3 is 5.11 Å². The number of aliphatic carboxylic acids is 1. The minimum atomic E-state index is -0.674. The predicted molar refractivity (Wildman–Crippen MR) is 96.6 cm³/mol. The Morgan fingerprint density at radius 1 is 0.957 bits per heavy atom. The molecule has 1 N–H and O–H groups in total. The van der Waals surface area contributed by atoms with Gasteiger partial charge in [0.25, 0.3) is 0 Å². The highest BCUT2D eigenvalue weighted by Crippen LogP contribution is 2.19. The van der Waals surface area contributed by atoms with Crippen LogP contribution in [0, 0.1) is 0 Å². The highest BCUT2D eigenvalue weighted by atomic mass is 16.4. The Morgan fingerprint density at radius 2 is 1.52 bits per heavy atom. The zero-order chi connectivity index (χ0) is 17.1. The van der Waals surface area contributed by atoms with E-state index in [0.717, 1.165) is 32.4 Å². The molecule has 1 rings (SSSR count). The van der Waals surface area contributed by atoms with Gasteiger partial charge in [-0.05, 0) is 45.7 Å². The molecule has 1 aromatic rings. The maximum absolute atomic E-state index is 10.4. The van der Waals surface area contributed by atoms with Crippen LogP contribution >= 0.6 is 0 Å². The van der Waals surface area contributed by atoms with Crippen LogP contribution in [0.3, 0.4) is 0 Å². The Labute approximate surface area is 141 Å². The van der Waals surface area contributed by atoms with Crippen molar-refractivity contribution in [2.24, 2.45) is 0 Å². The van der Waals surface area contributed by atoms with Crippen molar-refractivity contribution >= 4 is 5.97 Å². The van der Waals surface area contributed by atoms with Crippen LogP contribution in [0.1, 0.15) is 71.3 Å². The van der Waals surface area contributed by atoms with Crippen molar-refractivity contribution in [3.63, 3.8) is 0 Å². The third kappa shape index (κ3) is 9.39. The van der Waals surface area contributed by atoms with Crippen molar-refractivity contribution in [3.05, 3.63) is 35.9 Å². The van der Waals surface area contributed by atoms with Crippen molar-refractivity contribution in [2.75, 3.05) is 6.54 Å². The highest BCUT2D eigenvalue weighted by Gasteiger charge is 2.20. The standard InChI is InChI=1S/C20H33NO2/c1-20(2,3)21(17-18-13-9-8-10-14-18)16-12-7-5-4-6-11-15-19(22)23/h8-10,13-14H,4-7,11-12,15-17H2,1-3H3,(H,22,23). The molecule has 0 amide bonds. The molecule has 0 saturated heterocycles. The van der Waals surface area contributed by atoms with Crippen LogP contribution in [0.2, 0.25) is 0 Å². The first-order valence-corrected chi connectivity index (χ1v) is 8.90. The summed E-state index contributed by atoms with van der Waals surface area (Å²) < 4.78 is 0. The fraction of sp³-hybridized carbons (Fsp3) is 0.650. The van der Waals surface area contributed by atoms with Gasteiger partial charge in [0.15, 0.2) is 0 Å². The number of rotatable bonds is 11. The molecule has 0 aliphatic carbocycles. The van der Waals surface area contributed by atoms with Crippen LogP contribution in [0.5, 0.6) is 0 Å². The number of nitrogens with zero attached hydrogens (tertiary/aromatic N) is 1. The molecular weight excluding hydrogens is 286 g/mol. The first-order chi connectivity index (χ1) is 10.9. The van der Waals surface area contributed by atoms with E-state index in [0.29, 0.717) is 6.42 Å². The summed E-state index contributed by atoms with van der Waals surface area (Å²) in [6, 6.07) is 10.7. The van der Waals surface area contributed by atoms with Crippen LogP contribution in [0.25, 0.3) is 0 Å². The van der Waals surface area contributed by atoms with Gasteiger partial charge in [0, 0.05) is 18.5 Å². The number of carboxylic acid groups (broad SMARTS) is 1. The average Bonchev–Trinajstić information content (AvgIpc) is 2.48. The van der Waals surface area contributed by atoms with E-state index in [2.05, 4.69) is 56.0 Å². The fourth-order valence-corrected chi connectivity index (χ4v) is 2.74. The lowest BCUT2D eigenvalue weighted by Crippen LogP contribution is -2.41. The molecule has 130 valence electrons. The predicted octanol–water partition coefficient (Wildman–Crippen LogP) is 5.10. The molecule has 0 saturated carbocycles. The maximum Gasteiger partial charge on any atom is 0.303 e. The SMILES string of the molecule is CC(C)(C)N(CCCCCCCCC(=O)O)Cc1ccccc1. The molecule has 3 nitrogen and oxygen atoms in total. The Morgan fingerprint density at radius 3 is 2.09 bits per heavy atom. The number of benzene rings is 1. The van der Waals surface area contributed by atoms with Gasteiger partial charge in [-0.3, -0.25) is 9.69 Å². The molecule has 0 radical (unpaired) electrons. The van der Waals surface area contributed by atoms with E-state index in [1.54, 1.807) is 0 Å². The van der Waals surface area contributed by atoms with E-state index in [4.69, 9.17) is 5.11 Å². The third-order valence-electron chi connectivity index (χ3n) is 4.23. The van der Waals surface area contributed by atoms with Crippen LogP contribution in [0.4, 0.5) is 0 Å². The van der Waals surface area contributed by atoms with Gasteiger partial charge in [0.05, 0.1) is 0 Å². The van der Waals surface area contributed by atoms with E-state index in [9.17, 15) is 4.79 Å². The van der Waals surface area contributed by atoms with Crippen LogP contribution < -0.4 is 0 Å². The van der Waals surface area contributed by atoms with Crippen LogP contribution in [0.15, 0.2) is 30.3 Å². The number of carbonyl (C=O) groups is 1. The lowest BCUT2D eigenvalue weighted by Gasteiger charge is -2.36.